The molecule has 1 fully saturated rings. The summed E-state index contributed by atoms with van der Waals surface area (Å²) in [4.78, 5) is 4.22. The number of piperidine rings is 1. The van der Waals surface area contributed by atoms with E-state index in [0.29, 0.717) is 12.1 Å². The highest BCUT2D eigenvalue weighted by atomic mass is 16.7. The monoisotopic (exact) mass is 239 g/mol. The van der Waals surface area contributed by atoms with Crippen LogP contribution in [0.5, 0.6) is 0 Å². The van der Waals surface area contributed by atoms with Crippen LogP contribution >= 0.6 is 0 Å². The Balaban J connectivity index is 2.22. The van der Waals surface area contributed by atoms with Gasteiger partial charge < -0.3 is 19.4 Å². The van der Waals surface area contributed by atoms with Crippen molar-refractivity contribution in [1.82, 2.24) is 14.9 Å². The van der Waals surface area contributed by atoms with Gasteiger partial charge in [0.1, 0.15) is 0 Å². The quantitative estimate of drug-likeness (QED) is 0.809. The first-order valence-corrected chi connectivity index (χ1v) is 6.08. The third-order valence-corrected chi connectivity index (χ3v) is 3.44. The van der Waals surface area contributed by atoms with Crippen LogP contribution in [0.3, 0.4) is 0 Å². The SMILES string of the molecule is COC(OC)c1cncn1C1CCCNC1C. The van der Waals surface area contributed by atoms with Crippen LogP contribution in [-0.2, 0) is 9.47 Å². The van der Waals surface area contributed by atoms with E-state index in [2.05, 4.69) is 21.8 Å². The zero-order valence-electron chi connectivity index (χ0n) is 10.7. The van der Waals surface area contributed by atoms with Crippen LogP contribution in [0.2, 0.25) is 0 Å². The van der Waals surface area contributed by atoms with E-state index in [0.717, 1.165) is 18.7 Å². The van der Waals surface area contributed by atoms with Crippen molar-refractivity contribution in [2.24, 2.45) is 0 Å². The van der Waals surface area contributed by atoms with Crippen LogP contribution in [-0.4, -0.2) is 36.4 Å². The summed E-state index contributed by atoms with van der Waals surface area (Å²) in [7, 11) is 3.29. The van der Waals surface area contributed by atoms with E-state index in [-0.39, 0.29) is 6.29 Å². The van der Waals surface area contributed by atoms with Crippen LogP contribution in [0.4, 0.5) is 0 Å². The molecule has 0 radical (unpaired) electrons. The van der Waals surface area contributed by atoms with Gasteiger partial charge >= 0.3 is 0 Å². The summed E-state index contributed by atoms with van der Waals surface area (Å²) in [6, 6.07) is 0.875. The van der Waals surface area contributed by atoms with Crippen LogP contribution < -0.4 is 5.32 Å². The fourth-order valence-electron chi connectivity index (χ4n) is 2.52. The maximum absolute atomic E-state index is 5.31. The van der Waals surface area contributed by atoms with E-state index in [1.165, 1.54) is 6.42 Å². The molecule has 1 N–H and O–H groups in total. The predicted octanol–water partition coefficient (Wildman–Crippen LogP) is 1.49. The number of aromatic nitrogens is 2. The molecule has 1 aliphatic heterocycles. The lowest BCUT2D eigenvalue weighted by atomic mass is 9.99. The molecule has 2 atom stereocenters. The van der Waals surface area contributed by atoms with Gasteiger partial charge in [-0.05, 0) is 26.3 Å². The Labute approximate surface area is 102 Å². The summed E-state index contributed by atoms with van der Waals surface area (Å²) >= 11 is 0. The van der Waals surface area contributed by atoms with Gasteiger partial charge in [-0.3, -0.25) is 0 Å². The summed E-state index contributed by atoms with van der Waals surface area (Å²) < 4.78 is 12.8. The first-order valence-electron chi connectivity index (χ1n) is 6.08. The molecule has 1 saturated heterocycles. The van der Waals surface area contributed by atoms with Crippen molar-refractivity contribution in [2.75, 3.05) is 20.8 Å². The molecule has 0 aliphatic carbocycles. The molecule has 2 unspecified atom stereocenters. The minimum absolute atomic E-state index is 0.341. The number of nitrogens with zero attached hydrogens (tertiary/aromatic N) is 2. The largest absolute Gasteiger partial charge is 0.350 e. The summed E-state index contributed by atoms with van der Waals surface area (Å²) in [5.74, 6) is 0. The number of nitrogens with one attached hydrogen (secondary N) is 1. The molecule has 0 saturated carbocycles. The third-order valence-electron chi connectivity index (χ3n) is 3.44. The zero-order chi connectivity index (χ0) is 12.3. The molecule has 1 aromatic rings. The highest BCUT2D eigenvalue weighted by Crippen LogP contribution is 2.27. The first-order chi connectivity index (χ1) is 8.27. The molecular formula is C12H21N3O2. The molecule has 2 heterocycles. The minimum atomic E-state index is -0.341. The Hall–Kier alpha value is -0.910. The van der Waals surface area contributed by atoms with Crippen LogP contribution in [0.25, 0.3) is 0 Å². The molecule has 0 spiro atoms. The second-order valence-electron chi connectivity index (χ2n) is 4.48. The van der Waals surface area contributed by atoms with Gasteiger partial charge in [0.25, 0.3) is 0 Å². The normalized spacial score (nSPS) is 25.4. The molecular weight excluding hydrogens is 218 g/mol. The molecule has 1 aromatic heterocycles. The summed E-state index contributed by atoms with van der Waals surface area (Å²) in [5, 5.41) is 3.49. The molecule has 2 rings (SSSR count). The van der Waals surface area contributed by atoms with Crippen molar-refractivity contribution in [3.05, 3.63) is 18.2 Å². The summed E-state index contributed by atoms with van der Waals surface area (Å²) in [6.45, 7) is 3.31. The standard InChI is InChI=1S/C12H21N3O2/c1-9-10(5-4-6-14-9)15-8-13-7-11(15)12(16-2)17-3/h7-10,12,14H,4-6H2,1-3H3. The van der Waals surface area contributed by atoms with Crippen molar-refractivity contribution in [2.45, 2.75) is 38.1 Å². The maximum atomic E-state index is 5.31. The fourth-order valence-corrected chi connectivity index (χ4v) is 2.52. The van der Waals surface area contributed by atoms with E-state index < -0.39 is 0 Å². The Morgan fingerprint density at radius 2 is 2.24 bits per heavy atom. The highest BCUT2D eigenvalue weighted by Gasteiger charge is 2.26. The van der Waals surface area contributed by atoms with Crippen molar-refractivity contribution in [1.29, 1.82) is 0 Å². The molecule has 5 nitrogen and oxygen atoms in total. The maximum Gasteiger partial charge on any atom is 0.200 e. The second-order valence-corrected chi connectivity index (χ2v) is 4.48. The predicted molar refractivity (Wildman–Crippen MR) is 64.7 cm³/mol. The Bertz CT molecular complexity index is 349. The molecule has 0 bridgehead atoms. The zero-order valence-corrected chi connectivity index (χ0v) is 10.7. The highest BCUT2D eigenvalue weighted by molar-refractivity contribution is 5.04. The van der Waals surface area contributed by atoms with Gasteiger partial charge in [0.15, 0.2) is 6.29 Å². The molecule has 96 valence electrons. The van der Waals surface area contributed by atoms with Gasteiger partial charge in [-0.25, -0.2) is 4.98 Å². The number of rotatable bonds is 4. The molecule has 5 heteroatoms. The molecule has 0 amide bonds. The Morgan fingerprint density at radius 1 is 1.47 bits per heavy atom. The molecule has 1 aliphatic rings. The van der Waals surface area contributed by atoms with E-state index in [1.54, 1.807) is 14.2 Å². The molecule has 0 aromatic carbocycles. The number of imidazole rings is 1. The van der Waals surface area contributed by atoms with Crippen molar-refractivity contribution in [3.8, 4) is 0 Å². The van der Waals surface area contributed by atoms with Crippen LogP contribution in [0.1, 0.15) is 37.8 Å². The van der Waals surface area contributed by atoms with Gasteiger partial charge in [-0.1, -0.05) is 0 Å². The lowest BCUT2D eigenvalue weighted by molar-refractivity contribution is -0.111. The van der Waals surface area contributed by atoms with E-state index in [4.69, 9.17) is 9.47 Å². The van der Waals surface area contributed by atoms with E-state index >= 15 is 0 Å². The van der Waals surface area contributed by atoms with Gasteiger partial charge in [0.2, 0.25) is 0 Å². The number of methoxy groups -OCH3 is 2. The topological polar surface area (TPSA) is 48.3 Å². The Kier molecular flexibility index (Phi) is 4.15. The van der Waals surface area contributed by atoms with Gasteiger partial charge in [0, 0.05) is 20.3 Å². The summed E-state index contributed by atoms with van der Waals surface area (Å²) in [6.07, 6.45) is 5.70. The number of hydrogen-bond donors (Lipinski definition) is 1. The minimum Gasteiger partial charge on any atom is -0.350 e. The number of hydrogen-bond acceptors (Lipinski definition) is 4. The van der Waals surface area contributed by atoms with E-state index in [9.17, 15) is 0 Å². The van der Waals surface area contributed by atoms with Gasteiger partial charge in [-0.15, -0.1) is 0 Å². The van der Waals surface area contributed by atoms with Crippen LogP contribution in [0.15, 0.2) is 12.5 Å². The average Bonchev–Trinajstić information content (AvgIpc) is 2.80. The molecule has 17 heavy (non-hydrogen) atoms. The average molecular weight is 239 g/mol. The lowest BCUT2D eigenvalue weighted by Gasteiger charge is -2.32. The fraction of sp³-hybridized carbons (Fsp3) is 0.750. The third kappa shape index (κ3) is 2.51. The van der Waals surface area contributed by atoms with Crippen molar-refractivity contribution >= 4 is 0 Å². The van der Waals surface area contributed by atoms with E-state index in [1.807, 2.05) is 12.5 Å². The van der Waals surface area contributed by atoms with Gasteiger partial charge in [-0.2, -0.15) is 0 Å². The smallest absolute Gasteiger partial charge is 0.200 e. The Morgan fingerprint density at radius 3 is 2.88 bits per heavy atom. The van der Waals surface area contributed by atoms with Crippen LogP contribution in [0, 0.1) is 0 Å². The van der Waals surface area contributed by atoms with Gasteiger partial charge in [0.05, 0.1) is 24.3 Å². The van der Waals surface area contributed by atoms with Crippen molar-refractivity contribution < 1.29 is 9.47 Å². The summed E-state index contributed by atoms with van der Waals surface area (Å²) in [5.41, 5.74) is 0.982. The first kappa shape index (κ1) is 12.5. The number of ether oxygens (including phenoxy) is 2. The second kappa shape index (κ2) is 5.62. The van der Waals surface area contributed by atoms with Crippen molar-refractivity contribution in [3.63, 3.8) is 0 Å². The lowest BCUT2D eigenvalue weighted by Crippen LogP contribution is -2.40.